The molecule has 0 aliphatic carbocycles. The summed E-state index contributed by atoms with van der Waals surface area (Å²) in [4.78, 5) is 20.6. The number of carbonyl (C=O) groups is 1. The van der Waals surface area contributed by atoms with E-state index in [2.05, 4.69) is 15.3 Å². The van der Waals surface area contributed by atoms with Crippen LogP contribution in [0, 0.1) is 11.5 Å². The Balaban J connectivity index is 2.01. The molecule has 0 bridgehead atoms. The molecule has 0 aliphatic heterocycles. The Morgan fingerprint density at radius 2 is 2.08 bits per heavy atom. The number of thioether (sulfide) groups is 2. The third kappa shape index (κ3) is 5.11. The molecule has 0 saturated heterocycles. The monoisotopic (exact) mass is 356 g/mol. The fraction of sp³-hybridized carbons (Fsp3) is 0.176. The predicted molar refractivity (Wildman–Crippen MR) is 99.4 cm³/mol. The maximum atomic E-state index is 12.6. The number of pyridine rings is 1. The zero-order valence-corrected chi connectivity index (χ0v) is 14.7. The smallest absolute Gasteiger partial charge is 0.208 e. The van der Waals surface area contributed by atoms with E-state index >= 15 is 0 Å². The van der Waals surface area contributed by atoms with Crippen LogP contribution in [0.4, 0.5) is 0 Å². The van der Waals surface area contributed by atoms with Crippen LogP contribution in [0.2, 0.25) is 0 Å². The van der Waals surface area contributed by atoms with Gasteiger partial charge in [-0.05, 0) is 18.4 Å². The molecule has 1 aromatic heterocycles. The van der Waals surface area contributed by atoms with Gasteiger partial charge in [0.25, 0.3) is 0 Å². The number of aromatic nitrogens is 1. The largest absolute Gasteiger partial charge is 0.363 e. The van der Waals surface area contributed by atoms with E-state index in [9.17, 15) is 4.79 Å². The molecule has 0 saturated carbocycles. The van der Waals surface area contributed by atoms with E-state index in [0.29, 0.717) is 33.6 Å². The highest BCUT2D eigenvalue weighted by molar-refractivity contribution is 8.13. The van der Waals surface area contributed by atoms with Crippen molar-refractivity contribution in [3.8, 4) is 6.19 Å². The number of amidine groups is 1. The van der Waals surface area contributed by atoms with Crippen molar-refractivity contribution < 1.29 is 4.79 Å². The van der Waals surface area contributed by atoms with Crippen molar-refractivity contribution in [1.29, 1.82) is 5.26 Å². The SMILES string of the molecule is CS/C(=N\C#N)NCCSc1ncccc1C(=O)c1ccccc1. The molecule has 1 N–H and O–H groups in total. The summed E-state index contributed by atoms with van der Waals surface area (Å²) >= 11 is 2.88. The standard InChI is InChI=1S/C17H16N4OS2/c1-23-17(21-12-18)20-10-11-24-16-14(8-5-9-19-16)15(22)13-6-3-2-4-7-13/h2-9H,10-11H2,1H3,(H,20,21). The Bertz CT molecular complexity index is 757. The average molecular weight is 356 g/mol. The van der Waals surface area contributed by atoms with E-state index in [1.807, 2.05) is 24.5 Å². The molecule has 1 aromatic carbocycles. The van der Waals surface area contributed by atoms with Crippen molar-refractivity contribution in [2.24, 2.45) is 4.99 Å². The molecular formula is C17H16N4OS2. The van der Waals surface area contributed by atoms with Crippen LogP contribution in [0.15, 0.2) is 58.7 Å². The fourth-order valence-corrected chi connectivity index (χ4v) is 3.16. The minimum absolute atomic E-state index is 0.0324. The highest BCUT2D eigenvalue weighted by atomic mass is 32.2. The van der Waals surface area contributed by atoms with Crippen molar-refractivity contribution in [3.63, 3.8) is 0 Å². The number of hydrogen-bond donors (Lipinski definition) is 1. The summed E-state index contributed by atoms with van der Waals surface area (Å²) in [6, 6.07) is 12.7. The molecule has 1 heterocycles. The number of carbonyl (C=O) groups excluding carboxylic acids is 1. The maximum absolute atomic E-state index is 12.6. The van der Waals surface area contributed by atoms with Gasteiger partial charge in [-0.25, -0.2) is 4.98 Å². The minimum atomic E-state index is -0.0324. The van der Waals surface area contributed by atoms with Gasteiger partial charge in [0.05, 0.1) is 5.56 Å². The molecule has 0 radical (unpaired) electrons. The predicted octanol–water partition coefficient (Wildman–Crippen LogP) is 3.19. The highest BCUT2D eigenvalue weighted by Crippen LogP contribution is 2.22. The first-order valence-electron chi connectivity index (χ1n) is 7.18. The third-order valence-electron chi connectivity index (χ3n) is 3.01. The summed E-state index contributed by atoms with van der Waals surface area (Å²) < 4.78 is 0. The van der Waals surface area contributed by atoms with Crippen LogP contribution in [0.1, 0.15) is 15.9 Å². The first kappa shape index (κ1) is 18.0. The summed E-state index contributed by atoms with van der Waals surface area (Å²) in [5.41, 5.74) is 1.25. The first-order chi connectivity index (χ1) is 11.8. The van der Waals surface area contributed by atoms with Gasteiger partial charge in [0.2, 0.25) is 6.19 Å². The molecular weight excluding hydrogens is 340 g/mol. The summed E-state index contributed by atoms with van der Waals surface area (Å²) in [5, 5.41) is 12.9. The average Bonchev–Trinajstić information content (AvgIpc) is 2.64. The minimum Gasteiger partial charge on any atom is -0.363 e. The van der Waals surface area contributed by atoms with Gasteiger partial charge in [0, 0.05) is 24.1 Å². The van der Waals surface area contributed by atoms with Gasteiger partial charge in [-0.1, -0.05) is 42.1 Å². The summed E-state index contributed by atoms with van der Waals surface area (Å²) in [7, 11) is 0. The van der Waals surface area contributed by atoms with Gasteiger partial charge in [-0.2, -0.15) is 5.26 Å². The van der Waals surface area contributed by atoms with Crippen LogP contribution in [-0.2, 0) is 0 Å². The number of nitrogens with zero attached hydrogens (tertiary/aromatic N) is 3. The topological polar surface area (TPSA) is 78.1 Å². The molecule has 7 heteroatoms. The van der Waals surface area contributed by atoms with Crippen molar-refractivity contribution in [3.05, 3.63) is 59.8 Å². The molecule has 0 amide bonds. The van der Waals surface area contributed by atoms with Gasteiger partial charge in [0.1, 0.15) is 5.03 Å². The van der Waals surface area contributed by atoms with E-state index in [-0.39, 0.29) is 5.78 Å². The molecule has 0 fully saturated rings. The number of hydrogen-bond acceptors (Lipinski definition) is 6. The Hall–Kier alpha value is -2.30. The maximum Gasteiger partial charge on any atom is 0.208 e. The lowest BCUT2D eigenvalue weighted by molar-refractivity contribution is 0.103. The van der Waals surface area contributed by atoms with Crippen LogP contribution in [0.25, 0.3) is 0 Å². The normalized spacial score (nSPS) is 10.9. The van der Waals surface area contributed by atoms with E-state index in [0.717, 1.165) is 0 Å². The van der Waals surface area contributed by atoms with E-state index < -0.39 is 0 Å². The lowest BCUT2D eigenvalue weighted by Crippen LogP contribution is -2.22. The quantitative estimate of drug-likeness (QED) is 0.214. The van der Waals surface area contributed by atoms with Crippen molar-refractivity contribution in [2.75, 3.05) is 18.6 Å². The molecule has 0 atom stereocenters. The van der Waals surface area contributed by atoms with Gasteiger partial charge >= 0.3 is 0 Å². The second kappa shape index (κ2) is 9.75. The third-order valence-corrected chi connectivity index (χ3v) is 4.64. The second-order valence-corrected chi connectivity index (χ2v) is 6.43. The number of aliphatic imine (C=N–C) groups is 1. The van der Waals surface area contributed by atoms with Gasteiger partial charge in [-0.15, -0.1) is 16.8 Å². The zero-order chi connectivity index (χ0) is 17.2. The Morgan fingerprint density at radius 1 is 1.29 bits per heavy atom. The van der Waals surface area contributed by atoms with Crippen LogP contribution in [0.5, 0.6) is 0 Å². The molecule has 0 aliphatic rings. The number of rotatable bonds is 6. The first-order valence-corrected chi connectivity index (χ1v) is 9.39. The van der Waals surface area contributed by atoms with Crippen molar-refractivity contribution >= 4 is 34.5 Å². The zero-order valence-electron chi connectivity index (χ0n) is 13.1. The van der Waals surface area contributed by atoms with Crippen LogP contribution in [-0.4, -0.2) is 34.5 Å². The van der Waals surface area contributed by atoms with E-state index in [1.54, 1.807) is 36.7 Å². The van der Waals surface area contributed by atoms with Crippen LogP contribution in [0.3, 0.4) is 0 Å². The fourth-order valence-electron chi connectivity index (χ4n) is 1.93. The molecule has 5 nitrogen and oxygen atoms in total. The molecule has 2 rings (SSSR count). The van der Waals surface area contributed by atoms with Gasteiger partial charge in [0.15, 0.2) is 11.0 Å². The van der Waals surface area contributed by atoms with Crippen molar-refractivity contribution in [1.82, 2.24) is 10.3 Å². The Morgan fingerprint density at radius 3 is 2.79 bits per heavy atom. The van der Waals surface area contributed by atoms with Crippen LogP contribution < -0.4 is 5.32 Å². The van der Waals surface area contributed by atoms with Crippen LogP contribution >= 0.6 is 23.5 Å². The molecule has 24 heavy (non-hydrogen) atoms. The van der Waals surface area contributed by atoms with Gasteiger partial charge < -0.3 is 5.32 Å². The lowest BCUT2D eigenvalue weighted by Gasteiger charge is -2.08. The Labute approximate surface area is 149 Å². The van der Waals surface area contributed by atoms with Crippen molar-refractivity contribution in [2.45, 2.75) is 5.03 Å². The van der Waals surface area contributed by atoms with E-state index in [4.69, 9.17) is 5.26 Å². The number of ketones is 1. The highest BCUT2D eigenvalue weighted by Gasteiger charge is 2.14. The molecule has 2 aromatic rings. The summed E-state index contributed by atoms with van der Waals surface area (Å²) in [6.07, 6.45) is 5.30. The Kier molecular flexibility index (Phi) is 7.33. The second-order valence-electron chi connectivity index (χ2n) is 4.55. The number of benzene rings is 1. The molecule has 0 spiro atoms. The molecule has 0 unspecified atom stereocenters. The molecule has 122 valence electrons. The summed E-state index contributed by atoms with van der Waals surface area (Å²) in [5.74, 6) is 0.673. The lowest BCUT2D eigenvalue weighted by atomic mass is 10.1. The van der Waals surface area contributed by atoms with Gasteiger partial charge in [-0.3, -0.25) is 4.79 Å². The number of nitrogens with one attached hydrogen (secondary N) is 1. The number of nitriles is 1. The summed E-state index contributed by atoms with van der Waals surface area (Å²) in [6.45, 7) is 0.627. The van der Waals surface area contributed by atoms with E-state index in [1.165, 1.54) is 23.5 Å².